The fraction of sp³-hybridized carbons (Fsp3) is 0.276. The van der Waals surface area contributed by atoms with Gasteiger partial charge in [0, 0.05) is 73.7 Å². The summed E-state index contributed by atoms with van der Waals surface area (Å²) in [5.74, 6) is 0. The minimum atomic E-state index is -0.0557. The lowest BCUT2D eigenvalue weighted by Crippen LogP contribution is -2.60. The van der Waals surface area contributed by atoms with Gasteiger partial charge in [0.05, 0.1) is 11.0 Å². The van der Waals surface area contributed by atoms with E-state index in [-0.39, 0.29) is 28.5 Å². The first-order chi connectivity index (χ1) is 30.0. The monoisotopic (exact) mass is 852 g/mol. The van der Waals surface area contributed by atoms with Crippen molar-refractivity contribution in [1.29, 1.82) is 0 Å². The Balaban J connectivity index is 1.29. The van der Waals surface area contributed by atoms with Crippen LogP contribution in [0.2, 0.25) is 0 Å². The zero-order chi connectivity index (χ0) is 43.3. The predicted molar refractivity (Wildman–Crippen MR) is 278 cm³/mol. The summed E-state index contributed by atoms with van der Waals surface area (Å²) in [6.45, 7) is 23.9. The Morgan fingerprint density at radius 2 is 1.19 bits per heavy atom. The van der Waals surface area contributed by atoms with Gasteiger partial charge in [-0.2, -0.15) is 0 Å². The van der Waals surface area contributed by atoms with Crippen LogP contribution < -0.4 is 15.7 Å². The minimum absolute atomic E-state index is 0.00705. The molecule has 2 aliphatic heterocycles. The van der Waals surface area contributed by atoms with Crippen molar-refractivity contribution in [3.63, 3.8) is 0 Å². The summed E-state index contributed by atoms with van der Waals surface area (Å²) in [7, 11) is 0. The highest BCUT2D eigenvalue weighted by atomic mass is 32.1. The third-order valence-electron chi connectivity index (χ3n) is 15.5. The van der Waals surface area contributed by atoms with Gasteiger partial charge in [0.15, 0.2) is 0 Å². The van der Waals surface area contributed by atoms with Crippen LogP contribution in [0.1, 0.15) is 104 Å². The standard InChI is InChI=1S/C58H53BN2S2/c1-55(2,3)32-19-22-34(23-20-32)61-44-30-41-40(57(7,8)25-26-58(41,9)10)28-39(44)49-50-36-16-12-14-18-47(36)63-54(50)51-38-27-33(56(4,5)6)21-24-43(38)60-45-29-37-35-15-11-13-17-46(35)62-48(37)31-42(45)59(61)52(49)53(51)60/h11-24,27-31H,25-26H2,1-10H3. The van der Waals surface area contributed by atoms with E-state index in [1.165, 1.54) is 136 Å². The lowest BCUT2D eigenvalue weighted by atomic mass is 9.43. The van der Waals surface area contributed by atoms with E-state index in [0.717, 1.165) is 0 Å². The molecule has 3 aliphatic rings. The number of fused-ring (bicyclic) bond motifs is 17. The molecule has 0 spiro atoms. The van der Waals surface area contributed by atoms with E-state index < -0.39 is 0 Å². The van der Waals surface area contributed by atoms with E-state index in [1.807, 2.05) is 22.7 Å². The molecule has 310 valence electrons. The van der Waals surface area contributed by atoms with Crippen molar-refractivity contribution < 1.29 is 0 Å². The maximum absolute atomic E-state index is 2.78. The Bertz CT molecular complexity index is 3650. The van der Waals surface area contributed by atoms with E-state index >= 15 is 0 Å². The quantitative estimate of drug-likeness (QED) is 0.149. The van der Waals surface area contributed by atoms with Crippen molar-refractivity contribution >= 4 is 114 Å². The molecule has 63 heavy (non-hydrogen) atoms. The first kappa shape index (κ1) is 38.1. The molecule has 0 saturated carbocycles. The fourth-order valence-electron chi connectivity index (χ4n) is 11.9. The third-order valence-corrected chi connectivity index (χ3v) is 17.9. The van der Waals surface area contributed by atoms with Crippen LogP contribution in [0.25, 0.3) is 79.0 Å². The molecule has 0 fully saturated rings. The maximum atomic E-state index is 2.78. The van der Waals surface area contributed by atoms with Gasteiger partial charge in [0.25, 0.3) is 0 Å². The third kappa shape index (κ3) is 5.07. The van der Waals surface area contributed by atoms with Gasteiger partial charge in [-0.3, -0.25) is 0 Å². The molecule has 0 saturated heterocycles. The van der Waals surface area contributed by atoms with Crippen LogP contribution in [-0.2, 0) is 21.7 Å². The van der Waals surface area contributed by atoms with Crippen LogP contribution in [0.15, 0.2) is 115 Å². The van der Waals surface area contributed by atoms with Crippen LogP contribution in [0, 0.1) is 0 Å². The lowest BCUT2D eigenvalue weighted by Gasteiger charge is -2.46. The van der Waals surface area contributed by atoms with E-state index in [9.17, 15) is 0 Å². The molecular formula is C58H53BN2S2. The second-order valence-electron chi connectivity index (χ2n) is 22.4. The highest BCUT2D eigenvalue weighted by Gasteiger charge is 2.48. The number of aromatic nitrogens is 1. The first-order valence-electron chi connectivity index (χ1n) is 23.0. The largest absolute Gasteiger partial charge is 0.376 e. The molecule has 13 rings (SSSR count). The Morgan fingerprint density at radius 3 is 1.89 bits per heavy atom. The number of benzene rings is 7. The number of hydrogen-bond acceptors (Lipinski definition) is 3. The summed E-state index contributed by atoms with van der Waals surface area (Å²) < 4.78 is 8.17. The zero-order valence-electron chi connectivity index (χ0n) is 38.2. The van der Waals surface area contributed by atoms with Crippen LogP contribution in [-0.4, -0.2) is 11.4 Å². The Hall–Kier alpha value is -5.36. The molecular weight excluding hydrogens is 800 g/mol. The van der Waals surface area contributed by atoms with Gasteiger partial charge < -0.3 is 9.38 Å². The average molecular weight is 853 g/mol. The molecule has 0 bridgehead atoms. The van der Waals surface area contributed by atoms with Crippen molar-refractivity contribution in [2.24, 2.45) is 0 Å². The molecule has 0 unspecified atom stereocenters. The fourth-order valence-corrected chi connectivity index (χ4v) is 14.3. The first-order valence-corrected chi connectivity index (χ1v) is 24.6. The second-order valence-corrected chi connectivity index (χ2v) is 24.5. The molecule has 5 heteroatoms. The average Bonchev–Trinajstić information content (AvgIpc) is 3.92. The lowest BCUT2D eigenvalue weighted by molar-refractivity contribution is 0.332. The van der Waals surface area contributed by atoms with Crippen LogP contribution in [0.4, 0.5) is 11.4 Å². The summed E-state index contributed by atoms with van der Waals surface area (Å²) in [5, 5.41) is 8.25. The predicted octanol–water partition coefficient (Wildman–Crippen LogP) is 15.7. The Labute approximate surface area is 379 Å². The van der Waals surface area contributed by atoms with Gasteiger partial charge in [-0.25, -0.2) is 0 Å². The second kappa shape index (κ2) is 12.3. The molecule has 10 aromatic rings. The van der Waals surface area contributed by atoms with Gasteiger partial charge in [0.2, 0.25) is 0 Å². The molecule has 2 nitrogen and oxygen atoms in total. The Morgan fingerprint density at radius 1 is 0.556 bits per heavy atom. The van der Waals surface area contributed by atoms with Gasteiger partial charge >= 0.3 is 6.85 Å². The van der Waals surface area contributed by atoms with Crippen molar-refractivity contribution in [3.8, 4) is 16.8 Å². The van der Waals surface area contributed by atoms with Crippen LogP contribution in [0.3, 0.4) is 0 Å². The highest BCUT2D eigenvalue weighted by Crippen LogP contribution is 2.56. The molecule has 5 heterocycles. The summed E-state index contributed by atoms with van der Waals surface area (Å²) in [6, 6.07) is 45.8. The van der Waals surface area contributed by atoms with Crippen molar-refractivity contribution in [1.82, 2.24) is 4.57 Å². The molecule has 1 aliphatic carbocycles. The van der Waals surface area contributed by atoms with Gasteiger partial charge in [-0.15, -0.1) is 22.7 Å². The molecule has 0 atom stereocenters. The van der Waals surface area contributed by atoms with Crippen molar-refractivity contribution in [2.75, 3.05) is 4.81 Å². The molecule has 7 aromatic carbocycles. The van der Waals surface area contributed by atoms with Gasteiger partial charge in [-0.1, -0.05) is 124 Å². The number of nitrogens with zero attached hydrogens (tertiary/aromatic N) is 2. The summed E-state index contributed by atoms with van der Waals surface area (Å²) >= 11 is 3.94. The van der Waals surface area contributed by atoms with E-state index in [0.29, 0.717) is 0 Å². The number of hydrogen-bond donors (Lipinski definition) is 0. The van der Waals surface area contributed by atoms with E-state index in [4.69, 9.17) is 0 Å². The van der Waals surface area contributed by atoms with Crippen LogP contribution in [0.5, 0.6) is 0 Å². The van der Waals surface area contributed by atoms with Crippen molar-refractivity contribution in [2.45, 2.75) is 104 Å². The van der Waals surface area contributed by atoms with Crippen LogP contribution >= 0.6 is 22.7 Å². The molecule has 0 amide bonds. The zero-order valence-corrected chi connectivity index (χ0v) is 39.8. The van der Waals surface area contributed by atoms with E-state index in [1.54, 1.807) is 0 Å². The SMILES string of the molecule is CC(C)(C)c1ccc(N2B3c4cc5sc6ccccc6c5cc4-n4c5ccc(C(C)(C)C)cc5c5c6sc7ccccc7c6c(c3c54)-c3cc4c(cc32)C(C)(C)CCC4(C)C)cc1. The van der Waals surface area contributed by atoms with Gasteiger partial charge in [0.1, 0.15) is 0 Å². The number of anilines is 2. The van der Waals surface area contributed by atoms with Crippen molar-refractivity contribution in [3.05, 3.63) is 138 Å². The molecule has 0 N–H and O–H groups in total. The van der Waals surface area contributed by atoms with Gasteiger partial charge in [-0.05, 0) is 134 Å². The topological polar surface area (TPSA) is 8.17 Å². The maximum Gasteiger partial charge on any atom is 0.333 e. The number of thiophene rings is 2. The van der Waals surface area contributed by atoms with E-state index in [2.05, 4.69) is 194 Å². The normalized spacial score (nSPS) is 16.5. The smallest absolute Gasteiger partial charge is 0.333 e. The molecule has 3 aromatic heterocycles. The summed E-state index contributed by atoms with van der Waals surface area (Å²) in [5.41, 5.74) is 18.1. The number of rotatable bonds is 1. The summed E-state index contributed by atoms with van der Waals surface area (Å²) in [6.07, 6.45) is 2.35. The minimum Gasteiger partial charge on any atom is -0.376 e. The summed E-state index contributed by atoms with van der Waals surface area (Å²) in [4.78, 5) is 2.78. The highest BCUT2D eigenvalue weighted by molar-refractivity contribution is 7.27. The molecule has 0 radical (unpaired) electrons. The Kier molecular flexibility index (Phi) is 7.42.